The molecule has 0 aliphatic rings. The summed E-state index contributed by atoms with van der Waals surface area (Å²) in [6, 6.07) is 6.76. The van der Waals surface area contributed by atoms with Crippen LogP contribution in [-0.4, -0.2) is 8.42 Å². The number of hydrogen-bond acceptors (Lipinski definition) is 3. The van der Waals surface area contributed by atoms with Crippen LogP contribution in [0.25, 0.3) is 10.8 Å². The lowest BCUT2D eigenvalue weighted by Crippen LogP contribution is -1.98. The Bertz CT molecular complexity index is 708. The first-order valence-electron chi connectivity index (χ1n) is 5.05. The maximum atomic E-state index is 11.5. The van der Waals surface area contributed by atoms with Crippen molar-refractivity contribution in [1.82, 2.24) is 0 Å². The topological polar surface area (TPSA) is 60.2 Å². The molecule has 2 rings (SSSR count). The monoisotopic (exact) mass is 269 g/mol. The third-order valence-corrected chi connectivity index (χ3v) is 4.30. The number of aryl methyl sites for hydroxylation is 2. The highest BCUT2D eigenvalue weighted by atomic mass is 35.7. The summed E-state index contributed by atoms with van der Waals surface area (Å²) >= 11 is 0. The van der Waals surface area contributed by atoms with E-state index in [1.54, 1.807) is 12.1 Å². The lowest BCUT2D eigenvalue weighted by molar-refractivity contribution is 0.610. The summed E-state index contributed by atoms with van der Waals surface area (Å²) in [5.41, 5.74) is 8.33. The number of halogens is 1. The lowest BCUT2D eigenvalue weighted by atomic mass is 10.0. The summed E-state index contributed by atoms with van der Waals surface area (Å²) in [6.07, 6.45) is 0. The molecule has 0 saturated heterocycles. The summed E-state index contributed by atoms with van der Waals surface area (Å²) in [6.45, 7) is 3.72. The number of fused-ring (bicyclic) bond motifs is 1. The van der Waals surface area contributed by atoms with Crippen LogP contribution >= 0.6 is 10.7 Å². The quantitative estimate of drug-likeness (QED) is 0.640. The molecule has 0 bridgehead atoms. The van der Waals surface area contributed by atoms with E-state index in [1.807, 2.05) is 19.9 Å². The molecule has 90 valence electrons. The van der Waals surface area contributed by atoms with Crippen LogP contribution in [0.5, 0.6) is 0 Å². The minimum absolute atomic E-state index is 0.128. The van der Waals surface area contributed by atoms with Crippen molar-refractivity contribution in [2.45, 2.75) is 18.7 Å². The Labute approximate surface area is 105 Å². The van der Waals surface area contributed by atoms with Crippen molar-refractivity contribution < 1.29 is 8.42 Å². The Morgan fingerprint density at radius 2 is 1.82 bits per heavy atom. The maximum Gasteiger partial charge on any atom is 0.261 e. The van der Waals surface area contributed by atoms with Crippen molar-refractivity contribution in [2.24, 2.45) is 0 Å². The summed E-state index contributed by atoms with van der Waals surface area (Å²) in [4.78, 5) is 0.128. The van der Waals surface area contributed by atoms with Gasteiger partial charge in [-0.25, -0.2) is 8.42 Å². The van der Waals surface area contributed by atoms with E-state index < -0.39 is 9.05 Å². The first kappa shape index (κ1) is 12.2. The highest BCUT2D eigenvalue weighted by Gasteiger charge is 2.16. The van der Waals surface area contributed by atoms with Crippen molar-refractivity contribution in [2.75, 3.05) is 5.73 Å². The second kappa shape index (κ2) is 3.89. The summed E-state index contributed by atoms with van der Waals surface area (Å²) in [7, 11) is 1.68. The number of nitrogens with two attached hydrogens (primary N) is 1. The van der Waals surface area contributed by atoms with Crippen LogP contribution in [0.15, 0.2) is 29.2 Å². The molecule has 0 spiro atoms. The van der Waals surface area contributed by atoms with Crippen molar-refractivity contribution in [1.29, 1.82) is 0 Å². The van der Waals surface area contributed by atoms with Gasteiger partial charge in [0.2, 0.25) is 0 Å². The van der Waals surface area contributed by atoms with Gasteiger partial charge in [0, 0.05) is 21.8 Å². The Hall–Kier alpha value is -1.26. The highest BCUT2D eigenvalue weighted by Crippen LogP contribution is 2.32. The van der Waals surface area contributed by atoms with Crippen molar-refractivity contribution in [3.05, 3.63) is 35.4 Å². The normalized spacial score (nSPS) is 11.9. The Morgan fingerprint density at radius 1 is 1.18 bits per heavy atom. The van der Waals surface area contributed by atoms with Gasteiger partial charge in [0.05, 0.1) is 4.90 Å². The fraction of sp³-hybridized carbons (Fsp3) is 0.167. The molecule has 2 aromatic carbocycles. The van der Waals surface area contributed by atoms with Gasteiger partial charge in [0.25, 0.3) is 9.05 Å². The molecule has 5 heteroatoms. The lowest BCUT2D eigenvalue weighted by Gasteiger charge is -2.11. The molecule has 0 fully saturated rings. The van der Waals surface area contributed by atoms with Crippen LogP contribution in [0.4, 0.5) is 5.69 Å². The van der Waals surface area contributed by atoms with Gasteiger partial charge in [0.1, 0.15) is 0 Å². The highest BCUT2D eigenvalue weighted by molar-refractivity contribution is 8.14. The minimum Gasteiger partial charge on any atom is -0.398 e. The molecule has 0 amide bonds. The van der Waals surface area contributed by atoms with Crippen molar-refractivity contribution in [3.63, 3.8) is 0 Å². The smallest absolute Gasteiger partial charge is 0.261 e. The van der Waals surface area contributed by atoms with E-state index in [9.17, 15) is 8.42 Å². The zero-order valence-corrected chi connectivity index (χ0v) is 11.1. The number of hydrogen-bond donors (Lipinski definition) is 1. The van der Waals surface area contributed by atoms with Gasteiger partial charge in [-0.2, -0.15) is 0 Å². The summed E-state index contributed by atoms with van der Waals surface area (Å²) in [5, 5.41) is 1.43. The van der Waals surface area contributed by atoms with Gasteiger partial charge in [-0.05, 0) is 42.5 Å². The maximum absolute atomic E-state index is 11.5. The minimum atomic E-state index is -3.74. The SMILES string of the molecule is Cc1cc2c(S(=O)(=O)Cl)cccc2c(C)c1N. The fourth-order valence-corrected chi connectivity index (χ4v) is 3.04. The molecule has 0 aliphatic heterocycles. The second-order valence-corrected chi connectivity index (χ2v) is 6.56. The van der Waals surface area contributed by atoms with Crippen LogP contribution < -0.4 is 5.73 Å². The van der Waals surface area contributed by atoms with Gasteiger partial charge in [-0.1, -0.05) is 12.1 Å². The molecule has 0 aliphatic carbocycles. The molecule has 0 atom stereocenters. The van der Waals surface area contributed by atoms with Crippen molar-refractivity contribution >= 4 is 36.2 Å². The predicted octanol–water partition coefficient (Wildman–Crippen LogP) is 2.97. The molecule has 0 unspecified atom stereocenters. The number of nitrogen functional groups attached to an aromatic ring is 1. The molecule has 0 heterocycles. The molecular weight excluding hydrogens is 258 g/mol. The third-order valence-electron chi connectivity index (χ3n) is 2.92. The van der Waals surface area contributed by atoms with Crippen LogP contribution in [0.1, 0.15) is 11.1 Å². The molecule has 0 radical (unpaired) electrons. The van der Waals surface area contributed by atoms with E-state index >= 15 is 0 Å². The Balaban J connectivity index is 3.02. The van der Waals surface area contributed by atoms with Crippen LogP contribution in [0.2, 0.25) is 0 Å². The molecule has 2 N–H and O–H groups in total. The van der Waals surface area contributed by atoms with Gasteiger partial charge < -0.3 is 5.73 Å². The van der Waals surface area contributed by atoms with E-state index in [1.165, 1.54) is 6.07 Å². The molecule has 0 saturated carbocycles. The van der Waals surface area contributed by atoms with Crippen LogP contribution in [0.3, 0.4) is 0 Å². The standard InChI is InChI=1S/C12H12ClNO2S/c1-7-6-10-9(8(2)12(7)14)4-3-5-11(10)17(13,15)16/h3-6H,14H2,1-2H3. The van der Waals surface area contributed by atoms with Crippen molar-refractivity contribution in [3.8, 4) is 0 Å². The zero-order chi connectivity index (χ0) is 12.8. The van der Waals surface area contributed by atoms with E-state index in [0.717, 1.165) is 16.5 Å². The second-order valence-electron chi connectivity index (χ2n) is 4.02. The van der Waals surface area contributed by atoms with E-state index in [-0.39, 0.29) is 4.90 Å². The van der Waals surface area contributed by atoms with Gasteiger partial charge >= 0.3 is 0 Å². The molecule has 3 nitrogen and oxygen atoms in total. The van der Waals surface area contributed by atoms with Gasteiger partial charge in [-0.15, -0.1) is 0 Å². The molecule has 0 aromatic heterocycles. The van der Waals surface area contributed by atoms with Gasteiger partial charge in [-0.3, -0.25) is 0 Å². The molecular formula is C12H12ClNO2S. The first-order chi connectivity index (χ1) is 7.82. The summed E-state index contributed by atoms with van der Waals surface area (Å²) in [5.74, 6) is 0. The average Bonchev–Trinajstić information content (AvgIpc) is 2.24. The van der Waals surface area contributed by atoms with Gasteiger partial charge in [0.15, 0.2) is 0 Å². The molecule has 2 aromatic rings. The van der Waals surface area contributed by atoms with E-state index in [2.05, 4.69) is 0 Å². The zero-order valence-electron chi connectivity index (χ0n) is 9.49. The fourth-order valence-electron chi connectivity index (χ4n) is 1.97. The number of rotatable bonds is 1. The number of anilines is 1. The molecule has 17 heavy (non-hydrogen) atoms. The Morgan fingerprint density at radius 3 is 2.41 bits per heavy atom. The first-order valence-corrected chi connectivity index (χ1v) is 7.36. The summed E-state index contributed by atoms with van der Waals surface area (Å²) < 4.78 is 23.0. The van der Waals surface area contributed by atoms with Crippen LogP contribution in [0, 0.1) is 13.8 Å². The third kappa shape index (κ3) is 1.98. The average molecular weight is 270 g/mol. The van der Waals surface area contributed by atoms with Crippen LogP contribution in [-0.2, 0) is 9.05 Å². The predicted molar refractivity (Wildman–Crippen MR) is 70.9 cm³/mol. The Kier molecular flexibility index (Phi) is 2.79. The van der Waals surface area contributed by atoms with E-state index in [4.69, 9.17) is 16.4 Å². The number of benzene rings is 2. The van der Waals surface area contributed by atoms with E-state index in [0.29, 0.717) is 11.1 Å². The largest absolute Gasteiger partial charge is 0.398 e.